The first-order valence-corrected chi connectivity index (χ1v) is 14.9. The van der Waals surface area contributed by atoms with E-state index in [1.807, 2.05) is 44.2 Å². The van der Waals surface area contributed by atoms with Gasteiger partial charge in [0.05, 0.1) is 18.6 Å². The molecule has 1 heterocycles. The summed E-state index contributed by atoms with van der Waals surface area (Å²) in [6.45, 7) is 13.3. The molecule has 0 amide bonds. The van der Waals surface area contributed by atoms with Crippen molar-refractivity contribution < 1.29 is 33.5 Å². The second kappa shape index (κ2) is 18.7. The lowest BCUT2D eigenvalue weighted by atomic mass is 9.93. The predicted octanol–water partition coefficient (Wildman–Crippen LogP) is 6.98. The van der Waals surface area contributed by atoms with Crippen LogP contribution in [-0.4, -0.2) is 39.2 Å². The van der Waals surface area contributed by atoms with E-state index < -0.39 is 26.0 Å². The van der Waals surface area contributed by atoms with Gasteiger partial charge < -0.3 is 19.6 Å². The molecule has 0 spiro atoms. The molecule has 0 radical (unpaired) electrons. The molecular formula is C31H45O7P. The molecule has 8 heteroatoms. The number of carbonyl (C=O) groups excluding carboxylic acids is 1. The largest absolute Gasteiger partial charge is 0.470 e. The van der Waals surface area contributed by atoms with E-state index in [0.29, 0.717) is 43.3 Å². The number of allylic oxidation sites excluding steroid dienone is 10. The number of aliphatic hydroxyl groups excluding tert-OH is 1. The Morgan fingerprint density at radius 2 is 1.92 bits per heavy atom. The van der Waals surface area contributed by atoms with Crippen LogP contribution in [-0.2, 0) is 18.6 Å². The van der Waals surface area contributed by atoms with Crippen LogP contribution >= 0.6 is 7.82 Å². The Hall–Kier alpha value is -2.54. The molecule has 0 aromatic heterocycles. The second-order valence-corrected chi connectivity index (χ2v) is 11.0. The van der Waals surface area contributed by atoms with Crippen molar-refractivity contribution in [2.75, 3.05) is 0 Å². The van der Waals surface area contributed by atoms with Crippen LogP contribution in [0.15, 0.2) is 96.7 Å². The maximum Gasteiger partial charge on any atom is 0.470 e. The van der Waals surface area contributed by atoms with Crippen molar-refractivity contribution in [3.05, 3.63) is 96.7 Å². The molecule has 0 saturated carbocycles. The maximum atomic E-state index is 12.7. The summed E-state index contributed by atoms with van der Waals surface area (Å²) in [7, 11) is -4.66. The predicted molar refractivity (Wildman–Crippen MR) is 158 cm³/mol. The lowest BCUT2D eigenvalue weighted by Crippen LogP contribution is -2.22. The number of aliphatic hydroxyl groups is 1. The Morgan fingerprint density at radius 1 is 1.21 bits per heavy atom. The van der Waals surface area contributed by atoms with Gasteiger partial charge in [-0.05, 0) is 51.5 Å². The van der Waals surface area contributed by atoms with Crippen molar-refractivity contribution in [2.45, 2.75) is 84.0 Å². The fourth-order valence-electron chi connectivity index (χ4n) is 3.87. The molecule has 1 aliphatic rings. The molecular weight excluding hydrogens is 515 g/mol. The highest BCUT2D eigenvalue weighted by atomic mass is 31.2. The molecule has 1 aliphatic heterocycles. The van der Waals surface area contributed by atoms with Crippen LogP contribution in [0.5, 0.6) is 0 Å². The zero-order valence-electron chi connectivity index (χ0n) is 23.4. The summed E-state index contributed by atoms with van der Waals surface area (Å²) in [5, 5.41) is 10.5. The van der Waals surface area contributed by atoms with Crippen LogP contribution < -0.4 is 0 Å². The van der Waals surface area contributed by atoms with Crippen molar-refractivity contribution in [3.63, 3.8) is 0 Å². The molecule has 0 fully saturated rings. The summed E-state index contributed by atoms with van der Waals surface area (Å²) in [5.41, 5.74) is 2.40. The normalized spacial score (nSPS) is 30.0. The van der Waals surface area contributed by atoms with Crippen LogP contribution in [0.4, 0.5) is 0 Å². The van der Waals surface area contributed by atoms with Crippen molar-refractivity contribution in [2.24, 2.45) is 5.92 Å². The Morgan fingerprint density at radius 3 is 2.62 bits per heavy atom. The molecule has 0 bridgehead atoms. The molecule has 4 unspecified atom stereocenters. The quantitative estimate of drug-likeness (QED) is 0.139. The summed E-state index contributed by atoms with van der Waals surface area (Å²) in [6, 6.07) is 0. The van der Waals surface area contributed by atoms with Gasteiger partial charge in [-0.3, -0.25) is 9.32 Å². The Bertz CT molecular complexity index is 1030. The van der Waals surface area contributed by atoms with Crippen molar-refractivity contribution >= 4 is 13.8 Å². The van der Waals surface area contributed by atoms with E-state index in [2.05, 4.69) is 13.2 Å². The maximum absolute atomic E-state index is 12.7. The molecule has 0 aromatic rings. The highest BCUT2D eigenvalue weighted by Gasteiger charge is 2.23. The number of cyclic esters (lactones) is 1. The number of carbonyl (C=O) groups is 1. The van der Waals surface area contributed by atoms with E-state index >= 15 is 0 Å². The summed E-state index contributed by atoms with van der Waals surface area (Å²) >= 11 is 0. The minimum absolute atomic E-state index is 0.00669. The van der Waals surface area contributed by atoms with E-state index in [9.17, 15) is 24.3 Å². The molecule has 0 saturated heterocycles. The van der Waals surface area contributed by atoms with Gasteiger partial charge >= 0.3 is 13.8 Å². The van der Waals surface area contributed by atoms with Gasteiger partial charge in [-0.1, -0.05) is 98.1 Å². The van der Waals surface area contributed by atoms with E-state index in [-0.39, 0.29) is 18.4 Å². The third kappa shape index (κ3) is 16.2. The number of ether oxygens (including phenoxy) is 1. The van der Waals surface area contributed by atoms with E-state index in [1.54, 1.807) is 43.4 Å². The first kappa shape index (κ1) is 34.5. The summed E-state index contributed by atoms with van der Waals surface area (Å²) < 4.78 is 22.3. The number of hydrogen-bond donors (Lipinski definition) is 3. The average molecular weight is 561 g/mol. The van der Waals surface area contributed by atoms with E-state index in [1.165, 1.54) is 0 Å². The first-order valence-electron chi connectivity index (χ1n) is 13.3. The van der Waals surface area contributed by atoms with Crippen LogP contribution in [0.3, 0.4) is 0 Å². The van der Waals surface area contributed by atoms with Gasteiger partial charge in [-0.25, -0.2) is 4.57 Å². The van der Waals surface area contributed by atoms with Gasteiger partial charge in [-0.15, -0.1) is 0 Å². The van der Waals surface area contributed by atoms with Gasteiger partial charge in [0, 0.05) is 12.3 Å². The fourth-order valence-corrected chi connectivity index (χ4v) is 4.47. The molecule has 3 N–H and O–H groups in total. The number of esters is 1. The minimum atomic E-state index is -4.66. The smallest absolute Gasteiger partial charge is 0.462 e. The topological polar surface area (TPSA) is 113 Å². The standard InChI is InChI=1S/C31H45O7P/c1-6-16-24(2)21-22-28-18-15-14-17-25(3)30(38-39(34,35)36)20-13-11-9-7-8-10-12-19-29(32)27(5)26(4)23-31(33)37-28/h6-10,12,14-17,19,27-30,32H,1,4,11,13,18,20-23H2,2-3,5H3,(H2,34,35,36)/b9-7-,10-8+,15-14-,19-12+,24-16+,25-17-. The third-order valence-electron chi connectivity index (χ3n) is 6.37. The van der Waals surface area contributed by atoms with Crippen LogP contribution in [0.1, 0.15) is 65.7 Å². The monoisotopic (exact) mass is 560 g/mol. The number of hydrogen-bond acceptors (Lipinski definition) is 5. The van der Waals surface area contributed by atoms with E-state index in [0.717, 1.165) is 12.0 Å². The molecule has 0 aliphatic carbocycles. The first-order chi connectivity index (χ1) is 18.4. The summed E-state index contributed by atoms with van der Waals surface area (Å²) in [5.74, 6) is -0.719. The van der Waals surface area contributed by atoms with Gasteiger partial charge in [0.1, 0.15) is 6.10 Å². The molecule has 1 rings (SSSR count). The number of phosphoric acid groups is 1. The van der Waals surface area contributed by atoms with Crippen molar-refractivity contribution in [3.8, 4) is 0 Å². The molecule has 0 aromatic carbocycles. The van der Waals surface area contributed by atoms with Gasteiger partial charge in [-0.2, -0.15) is 0 Å². The van der Waals surface area contributed by atoms with Crippen LogP contribution in [0.25, 0.3) is 0 Å². The van der Waals surface area contributed by atoms with Crippen molar-refractivity contribution in [1.82, 2.24) is 0 Å². The number of phosphoric ester groups is 1. The summed E-state index contributed by atoms with van der Waals surface area (Å²) in [4.78, 5) is 31.5. The Kier molecular flexibility index (Phi) is 16.5. The Balaban J connectivity index is 3.16. The van der Waals surface area contributed by atoms with Crippen LogP contribution in [0.2, 0.25) is 0 Å². The fraction of sp³-hybridized carbons (Fsp3) is 0.452. The zero-order chi connectivity index (χ0) is 29.3. The van der Waals surface area contributed by atoms with Gasteiger partial charge in [0.2, 0.25) is 0 Å². The van der Waals surface area contributed by atoms with Crippen molar-refractivity contribution in [1.29, 1.82) is 0 Å². The van der Waals surface area contributed by atoms with Crippen LogP contribution in [0, 0.1) is 5.92 Å². The average Bonchev–Trinajstić information content (AvgIpc) is 2.85. The lowest BCUT2D eigenvalue weighted by Gasteiger charge is -2.21. The minimum Gasteiger partial charge on any atom is -0.462 e. The lowest BCUT2D eigenvalue weighted by molar-refractivity contribution is -0.148. The third-order valence-corrected chi connectivity index (χ3v) is 6.90. The summed E-state index contributed by atoms with van der Waals surface area (Å²) in [6.07, 6.45) is 21.7. The zero-order valence-corrected chi connectivity index (χ0v) is 24.3. The van der Waals surface area contributed by atoms with E-state index in [4.69, 9.17) is 9.26 Å². The SMILES string of the molecule is C=C/C=C(\C)CCC1C/C=C\C=C(\C)C(OP(=O)(O)O)CCC\C=C/C=C/C=C/C(O)C(C)C(=C)CC(=O)O1. The highest BCUT2D eigenvalue weighted by molar-refractivity contribution is 7.46. The van der Waals surface area contributed by atoms with Gasteiger partial charge in [0.15, 0.2) is 0 Å². The molecule has 4 atom stereocenters. The highest BCUT2D eigenvalue weighted by Crippen LogP contribution is 2.40. The molecule has 216 valence electrons. The molecule has 7 nitrogen and oxygen atoms in total. The second-order valence-electron chi connectivity index (χ2n) is 9.80. The Labute approximate surface area is 233 Å². The number of rotatable bonds is 6. The molecule has 39 heavy (non-hydrogen) atoms. The van der Waals surface area contributed by atoms with Gasteiger partial charge in [0.25, 0.3) is 0 Å².